The molecule has 0 saturated heterocycles. The highest BCUT2D eigenvalue weighted by Gasteiger charge is 2.05. The molecule has 3 nitrogen and oxygen atoms in total. The summed E-state index contributed by atoms with van der Waals surface area (Å²) < 4.78 is 2.10. The average Bonchev–Trinajstić information content (AvgIpc) is 2.64. The summed E-state index contributed by atoms with van der Waals surface area (Å²) >= 11 is 0. The summed E-state index contributed by atoms with van der Waals surface area (Å²) in [5.74, 6) is 0. The average molecular weight is 364 g/mol. The molecular weight excluding hydrogens is 322 g/mol. The van der Waals surface area contributed by atoms with Crippen molar-refractivity contribution in [2.24, 2.45) is 0 Å². The predicted molar refractivity (Wildman–Crippen MR) is 112 cm³/mol. The second-order valence-corrected chi connectivity index (χ2v) is 7.69. The number of aryl methyl sites for hydroxylation is 1. The number of rotatable bonds is 16. The Bertz CT molecular complexity index is 521. The lowest BCUT2D eigenvalue weighted by atomic mass is 10.0. The molecule has 0 atom stereocenters. The van der Waals surface area contributed by atoms with Gasteiger partial charge < -0.3 is 9.67 Å². The van der Waals surface area contributed by atoms with Gasteiger partial charge in [0.25, 0.3) is 0 Å². The third-order valence-electron chi connectivity index (χ3n) is 5.48. The van der Waals surface area contributed by atoms with Crippen molar-refractivity contribution in [1.82, 2.24) is 4.57 Å². The van der Waals surface area contributed by atoms with Crippen molar-refractivity contribution in [3.8, 4) is 0 Å². The van der Waals surface area contributed by atoms with Crippen LogP contribution in [-0.2, 0) is 13.2 Å². The summed E-state index contributed by atoms with van der Waals surface area (Å²) in [6.45, 7) is 4.98. The fourth-order valence-corrected chi connectivity index (χ4v) is 3.63. The standard InChI is InChI=1S/C23H41NO2/c1-3-4-5-6-7-8-9-10-11-12-13-14-15-16-18-24-19-17-23(26)22(20-25)21(24)2/h17,19,25H,3-16,18,20H2,1-2H3. The van der Waals surface area contributed by atoms with Gasteiger partial charge in [0.05, 0.1) is 6.61 Å². The number of hydrogen-bond donors (Lipinski definition) is 1. The molecule has 26 heavy (non-hydrogen) atoms. The summed E-state index contributed by atoms with van der Waals surface area (Å²) in [6, 6.07) is 1.57. The number of aliphatic hydroxyl groups excluding tert-OH is 1. The molecule has 150 valence electrons. The molecule has 1 aromatic rings. The first kappa shape index (κ1) is 23.0. The van der Waals surface area contributed by atoms with Crippen molar-refractivity contribution in [2.45, 2.75) is 117 Å². The van der Waals surface area contributed by atoms with Crippen molar-refractivity contribution in [3.63, 3.8) is 0 Å². The smallest absolute Gasteiger partial charge is 0.187 e. The molecule has 0 aliphatic rings. The van der Waals surface area contributed by atoms with Crippen LogP contribution >= 0.6 is 0 Å². The SMILES string of the molecule is CCCCCCCCCCCCCCCCn1ccc(=O)c(CO)c1C. The Hall–Kier alpha value is -1.09. The number of unbranched alkanes of at least 4 members (excludes halogenated alkanes) is 13. The Morgan fingerprint density at radius 3 is 1.73 bits per heavy atom. The van der Waals surface area contributed by atoms with Gasteiger partial charge in [-0.1, -0.05) is 90.4 Å². The van der Waals surface area contributed by atoms with E-state index in [2.05, 4.69) is 11.5 Å². The first-order valence-electron chi connectivity index (χ1n) is 11.0. The Kier molecular flexibility index (Phi) is 13.3. The molecule has 0 radical (unpaired) electrons. The summed E-state index contributed by atoms with van der Waals surface area (Å²) in [6.07, 6.45) is 21.0. The minimum absolute atomic E-state index is 0.0535. The lowest BCUT2D eigenvalue weighted by Crippen LogP contribution is -2.16. The van der Waals surface area contributed by atoms with Gasteiger partial charge in [0.2, 0.25) is 0 Å². The van der Waals surface area contributed by atoms with Crippen LogP contribution < -0.4 is 5.43 Å². The van der Waals surface area contributed by atoms with Gasteiger partial charge in [0, 0.05) is 30.1 Å². The molecule has 0 bridgehead atoms. The molecule has 0 amide bonds. The first-order valence-corrected chi connectivity index (χ1v) is 11.0. The summed E-state index contributed by atoms with van der Waals surface area (Å²) in [5, 5.41) is 9.30. The zero-order valence-electron chi connectivity index (χ0n) is 17.3. The van der Waals surface area contributed by atoms with Gasteiger partial charge in [0.1, 0.15) is 0 Å². The minimum atomic E-state index is -0.162. The van der Waals surface area contributed by atoms with Crippen LogP contribution in [0, 0.1) is 6.92 Å². The molecule has 3 heteroatoms. The van der Waals surface area contributed by atoms with E-state index in [1.54, 1.807) is 6.07 Å². The lowest BCUT2D eigenvalue weighted by Gasteiger charge is -2.13. The maximum atomic E-state index is 11.7. The van der Waals surface area contributed by atoms with Gasteiger partial charge in [0.15, 0.2) is 5.43 Å². The molecule has 0 aliphatic heterocycles. The third kappa shape index (κ3) is 9.56. The summed E-state index contributed by atoms with van der Waals surface area (Å²) in [5.41, 5.74) is 1.40. The van der Waals surface area contributed by atoms with Crippen LogP contribution in [0.3, 0.4) is 0 Å². The van der Waals surface area contributed by atoms with Crippen molar-refractivity contribution in [2.75, 3.05) is 0 Å². The first-order chi connectivity index (χ1) is 12.7. The normalized spacial score (nSPS) is 11.2. The Balaban J connectivity index is 1.96. The molecule has 0 aliphatic carbocycles. The van der Waals surface area contributed by atoms with Crippen molar-refractivity contribution >= 4 is 0 Å². The van der Waals surface area contributed by atoms with Crippen LogP contribution in [0.2, 0.25) is 0 Å². The van der Waals surface area contributed by atoms with Crippen LogP contribution in [-0.4, -0.2) is 9.67 Å². The van der Waals surface area contributed by atoms with Crippen molar-refractivity contribution < 1.29 is 5.11 Å². The topological polar surface area (TPSA) is 42.2 Å². The number of aromatic nitrogens is 1. The van der Waals surface area contributed by atoms with E-state index in [0.29, 0.717) is 5.56 Å². The minimum Gasteiger partial charge on any atom is -0.391 e. The van der Waals surface area contributed by atoms with E-state index in [1.165, 1.54) is 83.5 Å². The van der Waals surface area contributed by atoms with Gasteiger partial charge in [-0.25, -0.2) is 0 Å². The largest absolute Gasteiger partial charge is 0.391 e. The highest BCUT2D eigenvalue weighted by Crippen LogP contribution is 2.13. The van der Waals surface area contributed by atoms with Gasteiger partial charge in [-0.2, -0.15) is 0 Å². The quantitative estimate of drug-likeness (QED) is 0.359. The number of pyridine rings is 1. The number of nitrogens with zero attached hydrogens (tertiary/aromatic N) is 1. The molecule has 0 saturated carbocycles. The fraction of sp³-hybridized carbons (Fsp3) is 0.783. The highest BCUT2D eigenvalue weighted by molar-refractivity contribution is 5.19. The van der Waals surface area contributed by atoms with E-state index < -0.39 is 0 Å². The van der Waals surface area contributed by atoms with E-state index in [4.69, 9.17) is 0 Å². The van der Waals surface area contributed by atoms with Crippen LogP contribution in [0.1, 0.15) is 108 Å². The predicted octanol–water partition coefficient (Wildman–Crippen LogP) is 6.13. The zero-order valence-corrected chi connectivity index (χ0v) is 17.3. The van der Waals surface area contributed by atoms with Crippen molar-refractivity contribution in [3.05, 3.63) is 33.7 Å². The van der Waals surface area contributed by atoms with Crippen LogP contribution in [0.4, 0.5) is 0 Å². The molecule has 0 aromatic carbocycles. The molecular formula is C23H41NO2. The summed E-state index contributed by atoms with van der Waals surface area (Å²) in [4.78, 5) is 11.7. The number of hydrogen-bond acceptors (Lipinski definition) is 2. The number of aliphatic hydroxyl groups is 1. The van der Waals surface area contributed by atoms with E-state index in [9.17, 15) is 9.90 Å². The van der Waals surface area contributed by atoms with Crippen LogP contribution in [0.15, 0.2) is 17.1 Å². The molecule has 1 rings (SSSR count). The fourth-order valence-electron chi connectivity index (χ4n) is 3.63. The van der Waals surface area contributed by atoms with Gasteiger partial charge >= 0.3 is 0 Å². The van der Waals surface area contributed by atoms with Gasteiger partial charge in [-0.15, -0.1) is 0 Å². The van der Waals surface area contributed by atoms with E-state index >= 15 is 0 Å². The van der Waals surface area contributed by atoms with Gasteiger partial charge in [-0.05, 0) is 13.3 Å². The zero-order chi connectivity index (χ0) is 19.0. The second-order valence-electron chi connectivity index (χ2n) is 7.69. The molecule has 1 heterocycles. The maximum absolute atomic E-state index is 11.7. The molecule has 0 spiro atoms. The van der Waals surface area contributed by atoms with E-state index in [-0.39, 0.29) is 12.0 Å². The highest BCUT2D eigenvalue weighted by atomic mass is 16.3. The lowest BCUT2D eigenvalue weighted by molar-refractivity contribution is 0.278. The van der Waals surface area contributed by atoms with E-state index in [1.807, 2.05) is 13.1 Å². The summed E-state index contributed by atoms with van der Waals surface area (Å²) in [7, 11) is 0. The monoisotopic (exact) mass is 363 g/mol. The molecule has 0 fully saturated rings. The Morgan fingerprint density at radius 1 is 0.808 bits per heavy atom. The van der Waals surface area contributed by atoms with Crippen LogP contribution in [0.25, 0.3) is 0 Å². The second kappa shape index (κ2) is 15.0. The third-order valence-corrected chi connectivity index (χ3v) is 5.48. The van der Waals surface area contributed by atoms with E-state index in [0.717, 1.165) is 18.7 Å². The van der Waals surface area contributed by atoms with Crippen LogP contribution in [0.5, 0.6) is 0 Å². The maximum Gasteiger partial charge on any atom is 0.187 e. The molecule has 1 aromatic heterocycles. The Morgan fingerprint density at radius 2 is 1.27 bits per heavy atom. The van der Waals surface area contributed by atoms with Crippen molar-refractivity contribution in [1.29, 1.82) is 0 Å². The Labute approximate surface area is 160 Å². The van der Waals surface area contributed by atoms with Gasteiger partial charge in [-0.3, -0.25) is 4.79 Å². The molecule has 0 unspecified atom stereocenters. The molecule has 1 N–H and O–H groups in total.